The summed E-state index contributed by atoms with van der Waals surface area (Å²) in [6.45, 7) is 2.00. The maximum absolute atomic E-state index is 13.6. The molecule has 1 aromatic carbocycles. The largest absolute Gasteiger partial charge is 0.351 e. The van der Waals surface area contributed by atoms with Gasteiger partial charge in [0.2, 0.25) is 11.8 Å². The Morgan fingerprint density at radius 3 is 2.50 bits per heavy atom. The molecule has 4 nitrogen and oxygen atoms in total. The summed E-state index contributed by atoms with van der Waals surface area (Å²) in [5.41, 5.74) is 1.82. The van der Waals surface area contributed by atoms with Gasteiger partial charge in [-0.25, -0.2) is 0 Å². The number of nitrogens with one attached hydrogen (secondary N) is 1. The highest BCUT2D eigenvalue weighted by Gasteiger charge is 2.35. The fourth-order valence-electron chi connectivity index (χ4n) is 4.03. The summed E-state index contributed by atoms with van der Waals surface area (Å²) in [7, 11) is 0. The van der Waals surface area contributed by atoms with Crippen molar-refractivity contribution in [2.24, 2.45) is 0 Å². The molecular formula is C24H26N2O2S2. The SMILES string of the molecule is Cc1cccc(N(C(=O)Cc2cccs2)C(C(=O)NC2CCCC2)c2cccs2)c1. The van der Waals surface area contributed by atoms with Crippen LogP contribution in [0.3, 0.4) is 0 Å². The van der Waals surface area contributed by atoms with Crippen molar-refractivity contribution in [3.05, 3.63) is 74.6 Å². The van der Waals surface area contributed by atoms with E-state index >= 15 is 0 Å². The summed E-state index contributed by atoms with van der Waals surface area (Å²) in [6, 6.07) is 15.2. The molecule has 0 aliphatic heterocycles. The zero-order valence-electron chi connectivity index (χ0n) is 17.0. The van der Waals surface area contributed by atoms with Gasteiger partial charge in [0.15, 0.2) is 0 Å². The van der Waals surface area contributed by atoms with Gasteiger partial charge in [0.05, 0.1) is 6.42 Å². The molecule has 1 N–H and O–H groups in total. The Morgan fingerprint density at radius 2 is 1.83 bits per heavy atom. The molecule has 2 heterocycles. The third-order valence-electron chi connectivity index (χ3n) is 5.47. The summed E-state index contributed by atoms with van der Waals surface area (Å²) >= 11 is 3.08. The number of hydrogen-bond donors (Lipinski definition) is 1. The minimum atomic E-state index is -0.667. The first kappa shape index (κ1) is 20.8. The van der Waals surface area contributed by atoms with Crippen molar-refractivity contribution in [3.8, 4) is 0 Å². The third kappa shape index (κ3) is 4.82. The fourth-order valence-corrected chi connectivity index (χ4v) is 5.54. The van der Waals surface area contributed by atoms with E-state index in [9.17, 15) is 9.59 Å². The molecule has 0 radical (unpaired) electrons. The average molecular weight is 439 g/mol. The van der Waals surface area contributed by atoms with Crippen LogP contribution in [0.1, 0.15) is 47.0 Å². The Labute approximate surface area is 185 Å². The number of rotatable bonds is 7. The van der Waals surface area contributed by atoms with Crippen LogP contribution in [0.5, 0.6) is 0 Å². The van der Waals surface area contributed by atoms with Gasteiger partial charge < -0.3 is 5.32 Å². The summed E-state index contributed by atoms with van der Waals surface area (Å²) in [4.78, 5) is 30.6. The first-order valence-electron chi connectivity index (χ1n) is 10.4. The van der Waals surface area contributed by atoms with E-state index in [2.05, 4.69) is 5.32 Å². The van der Waals surface area contributed by atoms with Gasteiger partial charge >= 0.3 is 0 Å². The second kappa shape index (κ2) is 9.58. The van der Waals surface area contributed by atoms with E-state index in [0.29, 0.717) is 0 Å². The molecule has 1 saturated carbocycles. The molecular weight excluding hydrogens is 412 g/mol. The van der Waals surface area contributed by atoms with Crippen molar-refractivity contribution >= 4 is 40.2 Å². The van der Waals surface area contributed by atoms with Crippen LogP contribution in [0.15, 0.2) is 59.3 Å². The highest BCUT2D eigenvalue weighted by Crippen LogP contribution is 2.33. The lowest BCUT2D eigenvalue weighted by Crippen LogP contribution is -2.46. The molecule has 1 aliphatic carbocycles. The van der Waals surface area contributed by atoms with Gasteiger partial charge in [0.25, 0.3) is 0 Å². The standard InChI is InChI=1S/C24H26N2O2S2/c1-17-7-4-10-19(15-17)26(22(27)16-20-11-5-13-29-20)23(21-12-6-14-30-21)24(28)25-18-8-2-3-9-18/h4-7,10-15,18,23H,2-3,8-9,16H2,1H3,(H,25,28). The molecule has 0 saturated heterocycles. The van der Waals surface area contributed by atoms with Gasteiger partial charge in [-0.15, -0.1) is 22.7 Å². The normalized spacial score (nSPS) is 15.1. The van der Waals surface area contributed by atoms with E-state index in [1.165, 1.54) is 11.3 Å². The highest BCUT2D eigenvalue weighted by atomic mass is 32.1. The van der Waals surface area contributed by atoms with Crippen LogP contribution in [0, 0.1) is 6.92 Å². The molecule has 2 aromatic heterocycles. The van der Waals surface area contributed by atoms with Crippen molar-refractivity contribution < 1.29 is 9.59 Å². The van der Waals surface area contributed by atoms with Gasteiger partial charge in [-0.05, 0) is 60.4 Å². The van der Waals surface area contributed by atoms with Crippen LogP contribution in [0.4, 0.5) is 5.69 Å². The first-order valence-corrected chi connectivity index (χ1v) is 12.1. The number of benzene rings is 1. The van der Waals surface area contributed by atoms with Crippen LogP contribution in [0.25, 0.3) is 0 Å². The van der Waals surface area contributed by atoms with Gasteiger partial charge in [-0.1, -0.05) is 37.1 Å². The van der Waals surface area contributed by atoms with Gasteiger partial charge in [0.1, 0.15) is 6.04 Å². The topological polar surface area (TPSA) is 49.4 Å². The van der Waals surface area contributed by atoms with Crippen molar-refractivity contribution in [1.29, 1.82) is 0 Å². The smallest absolute Gasteiger partial charge is 0.248 e. The molecule has 0 bridgehead atoms. The molecule has 3 aromatic rings. The number of amides is 2. The number of carbonyl (C=O) groups is 2. The predicted octanol–water partition coefficient (Wildman–Crippen LogP) is 5.49. The minimum Gasteiger partial charge on any atom is -0.351 e. The summed E-state index contributed by atoms with van der Waals surface area (Å²) in [5.74, 6) is -0.159. The zero-order valence-corrected chi connectivity index (χ0v) is 18.7. The maximum atomic E-state index is 13.6. The number of thiophene rings is 2. The highest BCUT2D eigenvalue weighted by molar-refractivity contribution is 7.10. The predicted molar refractivity (Wildman–Crippen MR) is 124 cm³/mol. The lowest BCUT2D eigenvalue weighted by atomic mass is 10.1. The summed E-state index contributed by atoms with van der Waals surface area (Å²) in [6.07, 6.45) is 4.60. The lowest BCUT2D eigenvalue weighted by Gasteiger charge is -2.31. The van der Waals surface area contributed by atoms with Crippen molar-refractivity contribution in [2.45, 2.75) is 51.1 Å². The molecule has 4 rings (SSSR count). The van der Waals surface area contributed by atoms with Gasteiger partial charge in [-0.2, -0.15) is 0 Å². The minimum absolute atomic E-state index is 0.0666. The number of hydrogen-bond acceptors (Lipinski definition) is 4. The van der Waals surface area contributed by atoms with Crippen molar-refractivity contribution in [1.82, 2.24) is 5.32 Å². The number of anilines is 1. The quantitative estimate of drug-likeness (QED) is 0.530. The maximum Gasteiger partial charge on any atom is 0.248 e. The van der Waals surface area contributed by atoms with Crippen molar-refractivity contribution in [2.75, 3.05) is 4.90 Å². The average Bonchev–Trinajstić information content (AvgIpc) is 3.49. The number of carbonyl (C=O) groups excluding carboxylic acids is 2. The Hall–Kier alpha value is -2.44. The van der Waals surface area contributed by atoms with Crippen LogP contribution in [-0.2, 0) is 16.0 Å². The Balaban J connectivity index is 1.71. The molecule has 156 valence electrons. The van der Waals surface area contributed by atoms with E-state index in [1.54, 1.807) is 16.2 Å². The van der Waals surface area contributed by atoms with E-state index in [0.717, 1.165) is 46.7 Å². The van der Waals surface area contributed by atoms with E-state index in [-0.39, 0.29) is 24.3 Å². The Morgan fingerprint density at radius 1 is 1.07 bits per heavy atom. The molecule has 1 atom stereocenters. The molecule has 2 amide bonds. The second-order valence-corrected chi connectivity index (χ2v) is 9.78. The summed E-state index contributed by atoms with van der Waals surface area (Å²) in [5, 5.41) is 7.16. The monoisotopic (exact) mass is 438 g/mol. The molecule has 1 aliphatic rings. The van der Waals surface area contributed by atoms with Crippen LogP contribution >= 0.6 is 22.7 Å². The molecule has 30 heavy (non-hydrogen) atoms. The summed E-state index contributed by atoms with van der Waals surface area (Å²) < 4.78 is 0. The second-order valence-electron chi connectivity index (χ2n) is 7.77. The van der Waals surface area contributed by atoms with Gasteiger partial charge in [0, 0.05) is 21.5 Å². The first-order chi connectivity index (χ1) is 14.6. The van der Waals surface area contributed by atoms with Gasteiger partial charge in [-0.3, -0.25) is 14.5 Å². The fraction of sp³-hybridized carbons (Fsp3) is 0.333. The van der Waals surface area contributed by atoms with Crippen LogP contribution in [-0.4, -0.2) is 17.9 Å². The van der Waals surface area contributed by atoms with E-state index in [1.807, 2.05) is 66.2 Å². The van der Waals surface area contributed by atoms with E-state index in [4.69, 9.17) is 0 Å². The third-order valence-corrected chi connectivity index (χ3v) is 7.28. The van der Waals surface area contributed by atoms with Crippen LogP contribution < -0.4 is 10.2 Å². The van der Waals surface area contributed by atoms with E-state index < -0.39 is 6.04 Å². The molecule has 6 heteroatoms. The van der Waals surface area contributed by atoms with Crippen LogP contribution in [0.2, 0.25) is 0 Å². The number of aryl methyl sites for hydroxylation is 1. The molecule has 1 fully saturated rings. The number of nitrogens with zero attached hydrogens (tertiary/aromatic N) is 1. The molecule has 1 unspecified atom stereocenters. The lowest BCUT2D eigenvalue weighted by molar-refractivity contribution is -0.126. The molecule has 0 spiro atoms. The Kier molecular flexibility index (Phi) is 6.65. The zero-order chi connectivity index (χ0) is 20.9. The Bertz CT molecular complexity index is 977. The van der Waals surface area contributed by atoms with Crippen molar-refractivity contribution in [3.63, 3.8) is 0 Å².